The van der Waals surface area contributed by atoms with E-state index in [-0.39, 0.29) is 6.04 Å². The molecule has 0 saturated carbocycles. The average molecular weight is 184 g/mol. The van der Waals surface area contributed by atoms with Gasteiger partial charge >= 0.3 is 0 Å². The Balaban J connectivity index is 2.25. The molecule has 2 N–H and O–H groups in total. The van der Waals surface area contributed by atoms with Crippen molar-refractivity contribution in [3.63, 3.8) is 0 Å². The SMILES string of the molecule is CCCCCC(N)c1nccs1. The van der Waals surface area contributed by atoms with E-state index >= 15 is 0 Å². The molecule has 1 heterocycles. The topological polar surface area (TPSA) is 38.9 Å². The molecular formula is C9H16N2S. The first kappa shape index (κ1) is 9.68. The van der Waals surface area contributed by atoms with Crippen molar-refractivity contribution in [1.29, 1.82) is 0 Å². The highest BCUT2D eigenvalue weighted by molar-refractivity contribution is 7.09. The Morgan fingerprint density at radius 2 is 2.42 bits per heavy atom. The van der Waals surface area contributed by atoms with Crippen LogP contribution in [0.15, 0.2) is 11.6 Å². The minimum absolute atomic E-state index is 0.163. The van der Waals surface area contributed by atoms with Crippen molar-refractivity contribution < 1.29 is 0 Å². The van der Waals surface area contributed by atoms with Crippen molar-refractivity contribution in [2.75, 3.05) is 0 Å². The highest BCUT2D eigenvalue weighted by Crippen LogP contribution is 2.18. The lowest BCUT2D eigenvalue weighted by Crippen LogP contribution is -2.09. The first-order valence-electron chi connectivity index (χ1n) is 4.49. The van der Waals surface area contributed by atoms with Crippen molar-refractivity contribution in [1.82, 2.24) is 4.98 Å². The molecule has 0 aliphatic rings. The first-order valence-corrected chi connectivity index (χ1v) is 5.37. The molecule has 1 unspecified atom stereocenters. The van der Waals surface area contributed by atoms with Crippen LogP contribution in [0.4, 0.5) is 0 Å². The molecule has 0 aliphatic carbocycles. The summed E-state index contributed by atoms with van der Waals surface area (Å²) in [6, 6.07) is 0.163. The fraction of sp³-hybridized carbons (Fsp3) is 0.667. The van der Waals surface area contributed by atoms with Gasteiger partial charge in [-0.3, -0.25) is 0 Å². The van der Waals surface area contributed by atoms with E-state index in [1.807, 2.05) is 11.6 Å². The second-order valence-corrected chi connectivity index (χ2v) is 3.90. The number of nitrogens with zero attached hydrogens (tertiary/aromatic N) is 1. The minimum Gasteiger partial charge on any atom is -0.322 e. The van der Waals surface area contributed by atoms with Gasteiger partial charge in [0.25, 0.3) is 0 Å². The fourth-order valence-electron chi connectivity index (χ4n) is 1.16. The largest absolute Gasteiger partial charge is 0.322 e. The first-order chi connectivity index (χ1) is 5.84. The summed E-state index contributed by atoms with van der Waals surface area (Å²) in [5, 5.41) is 3.06. The summed E-state index contributed by atoms with van der Waals surface area (Å²) < 4.78 is 0. The molecule has 68 valence electrons. The highest BCUT2D eigenvalue weighted by atomic mass is 32.1. The number of hydrogen-bond acceptors (Lipinski definition) is 3. The van der Waals surface area contributed by atoms with Gasteiger partial charge in [-0.05, 0) is 6.42 Å². The summed E-state index contributed by atoms with van der Waals surface area (Å²) >= 11 is 1.65. The highest BCUT2D eigenvalue weighted by Gasteiger charge is 2.06. The Morgan fingerprint density at radius 3 is 3.00 bits per heavy atom. The number of thiazole rings is 1. The molecule has 0 aliphatic heterocycles. The van der Waals surface area contributed by atoms with Gasteiger partial charge in [-0.1, -0.05) is 26.2 Å². The van der Waals surface area contributed by atoms with Gasteiger partial charge in [0, 0.05) is 11.6 Å². The molecule has 12 heavy (non-hydrogen) atoms. The van der Waals surface area contributed by atoms with Crippen molar-refractivity contribution >= 4 is 11.3 Å². The predicted molar refractivity (Wildman–Crippen MR) is 53.2 cm³/mol. The molecule has 0 spiro atoms. The molecule has 0 aromatic carbocycles. The molecule has 1 aromatic heterocycles. The number of aromatic nitrogens is 1. The van der Waals surface area contributed by atoms with Crippen LogP contribution in [0, 0.1) is 0 Å². The van der Waals surface area contributed by atoms with Crippen LogP contribution in [0.3, 0.4) is 0 Å². The molecule has 0 saturated heterocycles. The van der Waals surface area contributed by atoms with Gasteiger partial charge < -0.3 is 5.73 Å². The molecule has 0 amide bonds. The maximum Gasteiger partial charge on any atom is 0.109 e. The summed E-state index contributed by atoms with van der Waals surface area (Å²) in [5.41, 5.74) is 5.93. The summed E-state index contributed by atoms with van der Waals surface area (Å²) in [6.07, 6.45) is 6.64. The van der Waals surface area contributed by atoms with Crippen LogP contribution in [0.25, 0.3) is 0 Å². The Kier molecular flexibility index (Phi) is 4.25. The average Bonchev–Trinajstić information content (AvgIpc) is 2.56. The van der Waals surface area contributed by atoms with Crippen LogP contribution < -0.4 is 5.73 Å². The molecular weight excluding hydrogens is 168 g/mol. The van der Waals surface area contributed by atoms with E-state index < -0.39 is 0 Å². The predicted octanol–water partition coefficient (Wildman–Crippen LogP) is 2.72. The third-order valence-electron chi connectivity index (χ3n) is 1.89. The Labute approximate surface area is 77.8 Å². The van der Waals surface area contributed by atoms with Gasteiger partial charge in [0.05, 0.1) is 6.04 Å². The molecule has 3 heteroatoms. The van der Waals surface area contributed by atoms with E-state index in [1.54, 1.807) is 11.3 Å². The van der Waals surface area contributed by atoms with Crippen LogP contribution in [-0.2, 0) is 0 Å². The smallest absolute Gasteiger partial charge is 0.109 e. The number of rotatable bonds is 5. The quantitative estimate of drug-likeness (QED) is 0.715. The molecule has 0 radical (unpaired) electrons. The zero-order valence-electron chi connectivity index (χ0n) is 7.49. The van der Waals surface area contributed by atoms with Crippen molar-refractivity contribution in [2.45, 2.75) is 38.6 Å². The lowest BCUT2D eigenvalue weighted by molar-refractivity contribution is 0.579. The third-order valence-corrected chi connectivity index (χ3v) is 2.79. The number of unbranched alkanes of at least 4 members (excludes halogenated alkanes) is 2. The van der Waals surface area contributed by atoms with Crippen molar-refractivity contribution in [2.24, 2.45) is 5.73 Å². The maximum absolute atomic E-state index is 5.93. The van der Waals surface area contributed by atoms with E-state index in [4.69, 9.17) is 5.73 Å². The van der Waals surface area contributed by atoms with E-state index in [9.17, 15) is 0 Å². The summed E-state index contributed by atoms with van der Waals surface area (Å²) in [6.45, 7) is 2.20. The minimum atomic E-state index is 0.163. The van der Waals surface area contributed by atoms with Crippen LogP contribution in [0.5, 0.6) is 0 Å². The van der Waals surface area contributed by atoms with Crippen LogP contribution in [0.2, 0.25) is 0 Å². The van der Waals surface area contributed by atoms with Gasteiger partial charge in [-0.25, -0.2) is 4.98 Å². The van der Waals surface area contributed by atoms with Gasteiger partial charge in [0.2, 0.25) is 0 Å². The summed E-state index contributed by atoms with van der Waals surface area (Å²) in [5.74, 6) is 0. The Hall–Kier alpha value is -0.410. The van der Waals surface area contributed by atoms with Crippen molar-refractivity contribution in [3.8, 4) is 0 Å². The van der Waals surface area contributed by atoms with Crippen LogP contribution in [0.1, 0.15) is 43.7 Å². The van der Waals surface area contributed by atoms with Gasteiger partial charge in [0.15, 0.2) is 0 Å². The Morgan fingerprint density at radius 1 is 1.58 bits per heavy atom. The van der Waals surface area contributed by atoms with Gasteiger partial charge in [-0.2, -0.15) is 0 Å². The third kappa shape index (κ3) is 2.91. The van der Waals surface area contributed by atoms with Crippen molar-refractivity contribution in [3.05, 3.63) is 16.6 Å². The Bertz CT molecular complexity index is 196. The fourth-order valence-corrected chi connectivity index (χ4v) is 1.83. The van der Waals surface area contributed by atoms with E-state index in [0.29, 0.717) is 0 Å². The molecule has 0 bridgehead atoms. The normalized spacial score (nSPS) is 13.2. The van der Waals surface area contributed by atoms with Gasteiger partial charge in [0.1, 0.15) is 5.01 Å². The molecule has 0 fully saturated rings. The zero-order valence-corrected chi connectivity index (χ0v) is 8.31. The number of nitrogens with two attached hydrogens (primary N) is 1. The lowest BCUT2D eigenvalue weighted by atomic mass is 10.1. The molecule has 1 rings (SSSR count). The maximum atomic E-state index is 5.93. The lowest BCUT2D eigenvalue weighted by Gasteiger charge is -2.06. The second kappa shape index (κ2) is 5.27. The molecule has 2 nitrogen and oxygen atoms in total. The van der Waals surface area contributed by atoms with Gasteiger partial charge in [-0.15, -0.1) is 11.3 Å². The summed E-state index contributed by atoms with van der Waals surface area (Å²) in [4.78, 5) is 4.19. The number of hydrogen-bond donors (Lipinski definition) is 1. The molecule has 1 aromatic rings. The zero-order chi connectivity index (χ0) is 8.81. The van der Waals surface area contributed by atoms with E-state index in [2.05, 4.69) is 11.9 Å². The second-order valence-electron chi connectivity index (χ2n) is 2.97. The molecule has 1 atom stereocenters. The van der Waals surface area contributed by atoms with Crippen LogP contribution >= 0.6 is 11.3 Å². The summed E-state index contributed by atoms with van der Waals surface area (Å²) in [7, 11) is 0. The monoisotopic (exact) mass is 184 g/mol. The van der Waals surface area contributed by atoms with E-state index in [1.165, 1.54) is 19.3 Å². The van der Waals surface area contributed by atoms with E-state index in [0.717, 1.165) is 11.4 Å². The van der Waals surface area contributed by atoms with Crippen LogP contribution in [-0.4, -0.2) is 4.98 Å². The standard InChI is InChI=1S/C9H16N2S/c1-2-3-4-5-8(10)9-11-6-7-12-9/h6-8H,2-5,10H2,1H3.